The van der Waals surface area contributed by atoms with E-state index >= 15 is 0 Å². The molecule has 0 N–H and O–H groups in total. The zero-order valence-electron chi connectivity index (χ0n) is 16.7. The molecule has 3 aromatic rings. The van der Waals surface area contributed by atoms with Gasteiger partial charge in [-0.05, 0) is 59.7 Å². The van der Waals surface area contributed by atoms with Crippen LogP contribution in [0.5, 0.6) is 5.75 Å². The van der Waals surface area contributed by atoms with Crippen molar-refractivity contribution in [2.24, 2.45) is 4.99 Å². The minimum absolute atomic E-state index is 0.0200. The van der Waals surface area contributed by atoms with Crippen molar-refractivity contribution in [2.45, 2.75) is 6.42 Å². The molecule has 3 aromatic carbocycles. The van der Waals surface area contributed by atoms with Crippen molar-refractivity contribution in [3.05, 3.63) is 101 Å². The molecule has 4 nitrogen and oxygen atoms in total. The number of rotatable bonds is 6. The average molecular weight is 415 g/mol. The number of para-hydroxylation sites is 1. The number of nitrogens with zero attached hydrogens (tertiary/aromatic N) is 2. The van der Waals surface area contributed by atoms with E-state index in [-0.39, 0.29) is 5.91 Å². The van der Waals surface area contributed by atoms with E-state index in [1.54, 1.807) is 12.0 Å². The van der Waals surface area contributed by atoms with Gasteiger partial charge in [0, 0.05) is 6.54 Å². The molecule has 150 valence electrons. The molecule has 0 atom stereocenters. The topological polar surface area (TPSA) is 41.9 Å². The summed E-state index contributed by atoms with van der Waals surface area (Å²) in [5, 5.41) is 0.705. The summed E-state index contributed by atoms with van der Waals surface area (Å²) in [5.74, 6) is 0.743. The smallest absolute Gasteiger partial charge is 0.266 e. The number of amides is 1. The van der Waals surface area contributed by atoms with E-state index in [1.807, 2.05) is 78.9 Å². The van der Waals surface area contributed by atoms with Gasteiger partial charge in [0.25, 0.3) is 5.91 Å². The van der Waals surface area contributed by atoms with E-state index in [4.69, 9.17) is 9.73 Å². The van der Waals surface area contributed by atoms with Crippen molar-refractivity contribution in [2.75, 3.05) is 13.7 Å². The zero-order chi connectivity index (χ0) is 20.8. The highest BCUT2D eigenvalue weighted by molar-refractivity contribution is 8.18. The number of ether oxygens (including phenoxy) is 1. The second-order valence-electron chi connectivity index (χ2n) is 6.81. The highest BCUT2D eigenvalue weighted by Crippen LogP contribution is 2.34. The normalized spacial score (nSPS) is 16.4. The molecule has 0 aliphatic carbocycles. The lowest BCUT2D eigenvalue weighted by Crippen LogP contribution is -2.31. The molecule has 0 spiro atoms. The van der Waals surface area contributed by atoms with Crippen molar-refractivity contribution in [1.82, 2.24) is 4.90 Å². The lowest BCUT2D eigenvalue weighted by molar-refractivity contribution is -0.122. The molecular formula is C25H22N2O2S. The molecule has 0 saturated carbocycles. The van der Waals surface area contributed by atoms with E-state index in [0.717, 1.165) is 23.4 Å². The summed E-state index contributed by atoms with van der Waals surface area (Å²) < 4.78 is 5.30. The Morgan fingerprint density at radius 2 is 1.70 bits per heavy atom. The third kappa shape index (κ3) is 4.81. The number of hydrogen-bond acceptors (Lipinski definition) is 4. The van der Waals surface area contributed by atoms with Crippen molar-refractivity contribution >= 4 is 34.6 Å². The van der Waals surface area contributed by atoms with Crippen LogP contribution >= 0.6 is 11.8 Å². The molecule has 1 heterocycles. The van der Waals surface area contributed by atoms with E-state index < -0.39 is 0 Å². The van der Waals surface area contributed by atoms with Gasteiger partial charge in [-0.25, -0.2) is 4.99 Å². The van der Waals surface area contributed by atoms with Gasteiger partial charge in [-0.3, -0.25) is 9.69 Å². The Morgan fingerprint density at radius 1 is 0.967 bits per heavy atom. The van der Waals surface area contributed by atoms with Crippen LogP contribution in [0.15, 0.2) is 94.8 Å². The Kier molecular flexibility index (Phi) is 6.30. The third-order valence-electron chi connectivity index (χ3n) is 4.73. The van der Waals surface area contributed by atoms with Gasteiger partial charge in [-0.1, -0.05) is 60.7 Å². The lowest BCUT2D eigenvalue weighted by Gasteiger charge is -2.15. The Balaban J connectivity index is 1.63. The quantitative estimate of drug-likeness (QED) is 0.497. The lowest BCUT2D eigenvalue weighted by atomic mass is 10.1. The molecule has 0 bridgehead atoms. The molecule has 0 unspecified atom stereocenters. The number of thioether (sulfide) groups is 1. The minimum atomic E-state index is -0.0200. The standard InChI is InChI=1S/C25H22N2O2S/c1-29-22-14-8-11-20(17-22)18-23-24(28)27(16-15-19-9-4-2-5-10-19)25(30-23)26-21-12-6-3-7-13-21/h2-14,17-18H,15-16H2,1H3/b23-18-,26-25?. The number of benzene rings is 3. The highest BCUT2D eigenvalue weighted by Gasteiger charge is 2.33. The van der Waals surface area contributed by atoms with Crippen LogP contribution in [0.2, 0.25) is 0 Å². The van der Waals surface area contributed by atoms with Crippen molar-refractivity contribution in [1.29, 1.82) is 0 Å². The Bertz CT molecular complexity index is 1080. The number of amidine groups is 1. The van der Waals surface area contributed by atoms with Crippen LogP contribution in [0.4, 0.5) is 5.69 Å². The molecule has 1 aliphatic rings. The maximum absolute atomic E-state index is 13.2. The molecule has 0 aromatic heterocycles. The molecule has 1 fully saturated rings. The molecule has 1 saturated heterocycles. The van der Waals surface area contributed by atoms with Crippen LogP contribution in [0.3, 0.4) is 0 Å². The third-order valence-corrected chi connectivity index (χ3v) is 5.73. The van der Waals surface area contributed by atoms with Crippen LogP contribution in [0.25, 0.3) is 6.08 Å². The first-order valence-electron chi connectivity index (χ1n) is 9.76. The SMILES string of the molecule is COc1cccc(/C=C2\SC(=Nc3ccccc3)N(CCc3ccccc3)C2=O)c1. The summed E-state index contributed by atoms with van der Waals surface area (Å²) in [6, 6.07) is 27.6. The van der Waals surface area contributed by atoms with E-state index in [0.29, 0.717) is 16.6 Å². The summed E-state index contributed by atoms with van der Waals surface area (Å²) in [4.78, 5) is 20.4. The first-order valence-corrected chi connectivity index (χ1v) is 10.6. The predicted molar refractivity (Wildman–Crippen MR) is 124 cm³/mol. The number of aliphatic imine (C=N–C) groups is 1. The molecule has 4 rings (SSSR count). The van der Waals surface area contributed by atoms with Gasteiger partial charge < -0.3 is 4.74 Å². The maximum Gasteiger partial charge on any atom is 0.266 e. The van der Waals surface area contributed by atoms with Crippen molar-refractivity contribution < 1.29 is 9.53 Å². The van der Waals surface area contributed by atoms with Gasteiger partial charge in [0.1, 0.15) is 5.75 Å². The number of hydrogen-bond donors (Lipinski definition) is 0. The van der Waals surface area contributed by atoms with Crippen LogP contribution < -0.4 is 4.74 Å². The average Bonchev–Trinajstić information content (AvgIpc) is 3.07. The monoisotopic (exact) mass is 414 g/mol. The largest absolute Gasteiger partial charge is 0.497 e. The number of carbonyl (C=O) groups is 1. The van der Waals surface area contributed by atoms with Gasteiger partial charge in [-0.2, -0.15) is 0 Å². The summed E-state index contributed by atoms with van der Waals surface area (Å²) in [6.45, 7) is 0.580. The first kappa shape index (κ1) is 20.0. The molecule has 30 heavy (non-hydrogen) atoms. The van der Waals surface area contributed by atoms with E-state index in [2.05, 4.69) is 12.1 Å². The maximum atomic E-state index is 13.2. The van der Waals surface area contributed by atoms with E-state index in [9.17, 15) is 4.79 Å². The first-order chi connectivity index (χ1) is 14.7. The Morgan fingerprint density at radius 3 is 2.43 bits per heavy atom. The summed E-state index contributed by atoms with van der Waals surface area (Å²) >= 11 is 1.41. The van der Waals surface area contributed by atoms with Crippen LogP contribution in [0, 0.1) is 0 Å². The molecule has 0 radical (unpaired) electrons. The summed E-state index contributed by atoms with van der Waals surface area (Å²) in [5.41, 5.74) is 2.95. The molecule has 1 aliphatic heterocycles. The van der Waals surface area contributed by atoms with Crippen LogP contribution in [-0.2, 0) is 11.2 Å². The van der Waals surface area contributed by atoms with Gasteiger partial charge in [0.05, 0.1) is 17.7 Å². The zero-order valence-corrected chi connectivity index (χ0v) is 17.5. The van der Waals surface area contributed by atoms with Gasteiger partial charge in [0.15, 0.2) is 5.17 Å². The van der Waals surface area contributed by atoms with Crippen LogP contribution in [-0.4, -0.2) is 29.6 Å². The molecule has 5 heteroatoms. The fourth-order valence-corrected chi connectivity index (χ4v) is 4.19. The second-order valence-corrected chi connectivity index (χ2v) is 7.82. The number of carbonyl (C=O) groups excluding carboxylic acids is 1. The minimum Gasteiger partial charge on any atom is -0.497 e. The fourth-order valence-electron chi connectivity index (χ4n) is 3.17. The second kappa shape index (κ2) is 9.46. The highest BCUT2D eigenvalue weighted by atomic mass is 32.2. The molecule has 1 amide bonds. The van der Waals surface area contributed by atoms with Crippen molar-refractivity contribution in [3.63, 3.8) is 0 Å². The molecular weight excluding hydrogens is 392 g/mol. The summed E-state index contributed by atoms with van der Waals surface area (Å²) in [7, 11) is 1.64. The van der Waals surface area contributed by atoms with Gasteiger partial charge in [0.2, 0.25) is 0 Å². The Hall–Kier alpha value is -3.31. The fraction of sp³-hybridized carbons (Fsp3) is 0.120. The van der Waals surface area contributed by atoms with E-state index in [1.165, 1.54) is 17.3 Å². The summed E-state index contributed by atoms with van der Waals surface area (Å²) in [6.07, 6.45) is 2.67. The predicted octanol–water partition coefficient (Wildman–Crippen LogP) is 5.54. The van der Waals surface area contributed by atoms with Crippen LogP contribution in [0.1, 0.15) is 11.1 Å². The van der Waals surface area contributed by atoms with Gasteiger partial charge in [-0.15, -0.1) is 0 Å². The van der Waals surface area contributed by atoms with Gasteiger partial charge >= 0.3 is 0 Å². The Labute approximate surface area is 180 Å². The number of methoxy groups -OCH3 is 1. The van der Waals surface area contributed by atoms with Crippen molar-refractivity contribution in [3.8, 4) is 5.75 Å².